The minimum Gasteiger partial charge on any atom is -0.336 e. The number of piperidine rings is 1. The van der Waals surface area contributed by atoms with Crippen LogP contribution in [0.25, 0.3) is 0 Å². The number of amides is 1. The first kappa shape index (κ1) is 14.3. The molecule has 4 nitrogen and oxygen atoms in total. The fourth-order valence-corrected chi connectivity index (χ4v) is 4.35. The van der Waals surface area contributed by atoms with Gasteiger partial charge in [0.15, 0.2) is 0 Å². The molecule has 3 heterocycles. The van der Waals surface area contributed by atoms with Crippen molar-refractivity contribution < 1.29 is 4.79 Å². The van der Waals surface area contributed by atoms with E-state index in [0.717, 1.165) is 38.9 Å². The van der Waals surface area contributed by atoms with Gasteiger partial charge in [0.25, 0.3) is 0 Å². The molecule has 0 spiro atoms. The lowest BCUT2D eigenvalue weighted by molar-refractivity contribution is -0.145. The van der Waals surface area contributed by atoms with Crippen LogP contribution in [-0.2, 0) is 4.79 Å². The largest absolute Gasteiger partial charge is 0.336 e. The van der Waals surface area contributed by atoms with Crippen LogP contribution >= 0.6 is 0 Å². The summed E-state index contributed by atoms with van der Waals surface area (Å²) < 4.78 is 0. The van der Waals surface area contributed by atoms with Crippen LogP contribution in [0.4, 0.5) is 0 Å². The highest BCUT2D eigenvalue weighted by Crippen LogP contribution is 2.30. The van der Waals surface area contributed by atoms with Crippen molar-refractivity contribution in [1.82, 2.24) is 15.1 Å². The number of nitrogens with zero attached hydrogens (tertiary/aromatic N) is 2. The quantitative estimate of drug-likeness (QED) is 0.834. The Bertz CT molecular complexity index is 365. The topological polar surface area (TPSA) is 35.6 Å². The molecule has 3 saturated heterocycles. The van der Waals surface area contributed by atoms with E-state index in [4.69, 9.17) is 0 Å². The number of piperazine rings is 1. The van der Waals surface area contributed by atoms with Crippen molar-refractivity contribution in [2.45, 2.75) is 70.0 Å². The lowest BCUT2D eigenvalue weighted by Gasteiger charge is -2.49. The van der Waals surface area contributed by atoms with Crippen molar-refractivity contribution >= 4 is 5.91 Å². The molecule has 0 saturated carbocycles. The van der Waals surface area contributed by atoms with Gasteiger partial charge in [-0.15, -0.1) is 0 Å². The predicted octanol–water partition coefficient (Wildman–Crippen LogP) is 1.60. The van der Waals surface area contributed by atoms with Gasteiger partial charge in [-0.3, -0.25) is 9.69 Å². The predicted molar refractivity (Wildman–Crippen MR) is 80.6 cm³/mol. The van der Waals surface area contributed by atoms with Crippen LogP contribution in [0.3, 0.4) is 0 Å². The fraction of sp³-hybridized carbons (Fsp3) is 0.938. The third-order valence-electron chi connectivity index (χ3n) is 5.70. The Morgan fingerprint density at radius 3 is 2.85 bits per heavy atom. The second-order valence-electron chi connectivity index (χ2n) is 6.92. The zero-order valence-corrected chi connectivity index (χ0v) is 13.0. The van der Waals surface area contributed by atoms with Crippen LogP contribution < -0.4 is 5.32 Å². The molecule has 0 aromatic rings. The van der Waals surface area contributed by atoms with Gasteiger partial charge >= 0.3 is 0 Å². The van der Waals surface area contributed by atoms with E-state index in [1.54, 1.807) is 0 Å². The Hall–Kier alpha value is -0.610. The molecule has 3 aliphatic rings. The molecule has 1 N–H and O–H groups in total. The molecule has 0 aliphatic carbocycles. The lowest BCUT2D eigenvalue weighted by atomic mass is 9.89. The summed E-state index contributed by atoms with van der Waals surface area (Å²) in [7, 11) is 0. The number of rotatable bonds is 2. The summed E-state index contributed by atoms with van der Waals surface area (Å²) in [5, 5.41) is 3.50. The second kappa shape index (κ2) is 5.64. The Balaban J connectivity index is 1.73. The molecular weight excluding hydrogens is 250 g/mol. The third kappa shape index (κ3) is 2.37. The minimum absolute atomic E-state index is 0.259. The van der Waals surface area contributed by atoms with Crippen molar-refractivity contribution in [1.29, 1.82) is 0 Å². The summed E-state index contributed by atoms with van der Waals surface area (Å²) in [6.07, 6.45) is 7.00. The zero-order chi connectivity index (χ0) is 14.2. The van der Waals surface area contributed by atoms with Crippen molar-refractivity contribution in [3.05, 3.63) is 0 Å². The highest BCUT2D eigenvalue weighted by Gasteiger charge is 2.45. The van der Waals surface area contributed by atoms with E-state index >= 15 is 0 Å². The molecule has 3 rings (SSSR count). The molecule has 114 valence electrons. The van der Waals surface area contributed by atoms with E-state index in [0.29, 0.717) is 18.0 Å². The lowest BCUT2D eigenvalue weighted by Crippen LogP contribution is -2.65. The summed E-state index contributed by atoms with van der Waals surface area (Å²) in [6, 6.07) is 0.974. The van der Waals surface area contributed by atoms with E-state index < -0.39 is 0 Å². The van der Waals surface area contributed by atoms with Gasteiger partial charge in [-0.2, -0.15) is 0 Å². The zero-order valence-electron chi connectivity index (χ0n) is 13.0. The SMILES string of the molecule is CCC1(C(=O)N2CC3CCCCN3CC2C)CCCN1. The molecule has 0 aromatic heterocycles. The molecule has 0 bridgehead atoms. The second-order valence-corrected chi connectivity index (χ2v) is 6.92. The highest BCUT2D eigenvalue weighted by atomic mass is 16.2. The highest BCUT2D eigenvalue weighted by molar-refractivity contribution is 5.87. The van der Waals surface area contributed by atoms with E-state index in [9.17, 15) is 4.79 Å². The average Bonchev–Trinajstić information content (AvgIpc) is 2.96. The van der Waals surface area contributed by atoms with Gasteiger partial charge in [-0.05, 0) is 52.1 Å². The van der Waals surface area contributed by atoms with Crippen LogP contribution in [0.5, 0.6) is 0 Å². The number of nitrogens with one attached hydrogen (secondary N) is 1. The number of carbonyl (C=O) groups excluding carboxylic acids is 1. The van der Waals surface area contributed by atoms with E-state index in [2.05, 4.69) is 29.0 Å². The van der Waals surface area contributed by atoms with Crippen LogP contribution in [0, 0.1) is 0 Å². The Kier molecular flexibility index (Phi) is 4.04. The number of fused-ring (bicyclic) bond motifs is 1. The molecule has 3 unspecified atom stereocenters. The average molecular weight is 279 g/mol. The molecule has 3 aliphatic heterocycles. The molecule has 0 radical (unpaired) electrons. The van der Waals surface area contributed by atoms with Gasteiger partial charge in [0.1, 0.15) is 0 Å². The molecule has 20 heavy (non-hydrogen) atoms. The van der Waals surface area contributed by atoms with Gasteiger partial charge in [-0.1, -0.05) is 13.3 Å². The Morgan fingerprint density at radius 1 is 1.30 bits per heavy atom. The van der Waals surface area contributed by atoms with Crippen LogP contribution in [0.1, 0.15) is 52.4 Å². The van der Waals surface area contributed by atoms with Gasteiger partial charge in [-0.25, -0.2) is 0 Å². The smallest absolute Gasteiger partial charge is 0.243 e. The molecule has 3 fully saturated rings. The Labute approximate surface area is 122 Å². The first-order valence-corrected chi connectivity index (χ1v) is 8.46. The van der Waals surface area contributed by atoms with Gasteiger partial charge in [0.2, 0.25) is 5.91 Å². The van der Waals surface area contributed by atoms with Crippen LogP contribution in [0.15, 0.2) is 0 Å². The normalized spacial score (nSPS) is 38.8. The molecule has 3 atom stereocenters. The summed E-state index contributed by atoms with van der Waals surface area (Å²) >= 11 is 0. The van der Waals surface area contributed by atoms with E-state index in [1.165, 1.54) is 25.8 Å². The summed E-state index contributed by atoms with van der Waals surface area (Å²) in [6.45, 7) is 8.62. The fourth-order valence-electron chi connectivity index (χ4n) is 4.35. The maximum atomic E-state index is 13.1. The molecule has 0 aromatic carbocycles. The monoisotopic (exact) mass is 279 g/mol. The maximum absolute atomic E-state index is 13.1. The van der Waals surface area contributed by atoms with Crippen LogP contribution in [-0.4, -0.2) is 59.5 Å². The van der Waals surface area contributed by atoms with Crippen molar-refractivity contribution in [2.24, 2.45) is 0 Å². The van der Waals surface area contributed by atoms with Gasteiger partial charge < -0.3 is 10.2 Å². The van der Waals surface area contributed by atoms with Gasteiger partial charge in [0.05, 0.1) is 5.54 Å². The first-order valence-electron chi connectivity index (χ1n) is 8.46. The third-order valence-corrected chi connectivity index (χ3v) is 5.70. The number of hydrogen-bond acceptors (Lipinski definition) is 3. The summed E-state index contributed by atoms with van der Waals surface area (Å²) in [5.41, 5.74) is -0.259. The molecule has 1 amide bonds. The van der Waals surface area contributed by atoms with Crippen LogP contribution in [0.2, 0.25) is 0 Å². The molecular formula is C16H29N3O. The first-order chi connectivity index (χ1) is 9.66. The minimum atomic E-state index is -0.259. The van der Waals surface area contributed by atoms with Crippen molar-refractivity contribution in [3.8, 4) is 0 Å². The number of hydrogen-bond donors (Lipinski definition) is 1. The Morgan fingerprint density at radius 2 is 2.15 bits per heavy atom. The maximum Gasteiger partial charge on any atom is 0.243 e. The van der Waals surface area contributed by atoms with Gasteiger partial charge in [0, 0.05) is 25.2 Å². The summed E-state index contributed by atoms with van der Waals surface area (Å²) in [5.74, 6) is 0.371. The standard InChI is InChI=1S/C16H29N3O/c1-3-16(8-6-9-17-16)15(20)19-12-14-7-4-5-10-18(14)11-13(19)2/h13-14,17H,3-12H2,1-2H3. The summed E-state index contributed by atoms with van der Waals surface area (Å²) in [4.78, 5) is 17.9. The van der Waals surface area contributed by atoms with Crippen molar-refractivity contribution in [2.75, 3.05) is 26.2 Å². The van der Waals surface area contributed by atoms with E-state index in [1.807, 2.05) is 0 Å². The molecule has 4 heteroatoms. The number of carbonyl (C=O) groups is 1. The van der Waals surface area contributed by atoms with E-state index in [-0.39, 0.29) is 5.54 Å². The van der Waals surface area contributed by atoms with Crippen molar-refractivity contribution in [3.63, 3.8) is 0 Å².